The lowest BCUT2D eigenvalue weighted by Gasteiger charge is -2.00. The van der Waals surface area contributed by atoms with E-state index < -0.39 is 0 Å². The first-order valence-corrected chi connectivity index (χ1v) is 6.93. The number of nitrogens with zero attached hydrogens (tertiary/aromatic N) is 3. The molecule has 5 nitrogen and oxygen atoms in total. The Hall–Kier alpha value is -2.08. The van der Waals surface area contributed by atoms with E-state index in [9.17, 15) is 0 Å². The molecular weight excluding hydrogens is 320 g/mol. The number of nitrogens with two attached hydrogens (primary N) is 1. The molecule has 0 radical (unpaired) electrons. The normalized spacial score (nSPS) is 10.9. The van der Waals surface area contributed by atoms with E-state index in [1.807, 2.05) is 43.3 Å². The summed E-state index contributed by atoms with van der Waals surface area (Å²) in [5.74, 6) is 2.10. The summed E-state index contributed by atoms with van der Waals surface area (Å²) >= 11 is 3.42. The van der Waals surface area contributed by atoms with Gasteiger partial charge in [-0.25, -0.2) is 4.68 Å². The second-order valence-corrected chi connectivity index (χ2v) is 5.41. The zero-order valence-electron chi connectivity index (χ0n) is 10.9. The summed E-state index contributed by atoms with van der Waals surface area (Å²) in [6, 6.07) is 11.9. The van der Waals surface area contributed by atoms with Crippen molar-refractivity contribution in [2.24, 2.45) is 0 Å². The third-order valence-electron chi connectivity index (χ3n) is 3.11. The quantitative estimate of drug-likeness (QED) is 0.799. The van der Waals surface area contributed by atoms with Crippen molar-refractivity contribution in [3.8, 4) is 11.3 Å². The Balaban J connectivity index is 1.83. The number of hydrogen-bond donors (Lipinski definition) is 1. The molecule has 0 unspecified atom stereocenters. The molecule has 0 spiro atoms. The highest BCUT2D eigenvalue weighted by molar-refractivity contribution is 9.10. The van der Waals surface area contributed by atoms with Crippen LogP contribution < -0.4 is 5.73 Å². The topological polar surface area (TPSA) is 69.9 Å². The van der Waals surface area contributed by atoms with E-state index in [2.05, 4.69) is 26.2 Å². The molecule has 0 saturated heterocycles. The van der Waals surface area contributed by atoms with Gasteiger partial charge in [-0.05, 0) is 31.2 Å². The molecule has 0 saturated carbocycles. The molecule has 102 valence electrons. The highest BCUT2D eigenvalue weighted by Crippen LogP contribution is 2.24. The van der Waals surface area contributed by atoms with Gasteiger partial charge in [0.1, 0.15) is 18.1 Å². The van der Waals surface area contributed by atoms with Crippen LogP contribution in [-0.4, -0.2) is 15.0 Å². The zero-order valence-corrected chi connectivity index (χ0v) is 12.5. The van der Waals surface area contributed by atoms with Crippen LogP contribution >= 0.6 is 15.9 Å². The average molecular weight is 333 g/mol. The lowest BCUT2D eigenvalue weighted by molar-refractivity contribution is 0.481. The maximum absolute atomic E-state index is 5.83. The number of benzene rings is 1. The summed E-state index contributed by atoms with van der Waals surface area (Å²) in [5, 5.41) is 7.81. The Morgan fingerprint density at radius 2 is 1.95 bits per heavy atom. The van der Waals surface area contributed by atoms with E-state index >= 15 is 0 Å². The van der Waals surface area contributed by atoms with Crippen molar-refractivity contribution >= 4 is 21.7 Å². The molecule has 2 N–H and O–H groups in total. The number of rotatable bonds is 3. The number of halogens is 1. The van der Waals surface area contributed by atoms with Crippen LogP contribution in [0.2, 0.25) is 0 Å². The average Bonchev–Trinajstić information content (AvgIpc) is 3.02. The minimum Gasteiger partial charge on any atom is -0.459 e. The van der Waals surface area contributed by atoms with Crippen LogP contribution in [0.15, 0.2) is 45.3 Å². The van der Waals surface area contributed by atoms with Gasteiger partial charge >= 0.3 is 0 Å². The summed E-state index contributed by atoms with van der Waals surface area (Å²) in [6.45, 7) is 2.40. The van der Waals surface area contributed by atoms with Gasteiger partial charge in [-0.15, -0.1) is 5.10 Å². The van der Waals surface area contributed by atoms with Crippen molar-refractivity contribution in [2.75, 3.05) is 5.73 Å². The molecule has 6 heteroatoms. The molecule has 0 aliphatic rings. The molecule has 0 atom stereocenters. The maximum atomic E-state index is 5.83. The van der Waals surface area contributed by atoms with E-state index in [0.717, 1.165) is 27.3 Å². The summed E-state index contributed by atoms with van der Waals surface area (Å²) in [4.78, 5) is 0. The van der Waals surface area contributed by atoms with Crippen LogP contribution in [0.1, 0.15) is 11.5 Å². The van der Waals surface area contributed by atoms with Crippen LogP contribution in [0.4, 0.5) is 5.82 Å². The lowest BCUT2D eigenvalue weighted by Crippen LogP contribution is -2.03. The zero-order chi connectivity index (χ0) is 14.1. The molecular formula is C14H13BrN4O. The largest absolute Gasteiger partial charge is 0.459 e. The predicted octanol–water partition coefficient (Wildman–Crippen LogP) is 3.24. The third-order valence-corrected chi connectivity index (χ3v) is 3.64. The Labute approximate surface area is 124 Å². The van der Waals surface area contributed by atoms with Crippen molar-refractivity contribution in [1.82, 2.24) is 15.0 Å². The fraction of sp³-hybridized carbons (Fsp3) is 0.143. The van der Waals surface area contributed by atoms with Gasteiger partial charge in [0.05, 0.1) is 5.69 Å². The fourth-order valence-electron chi connectivity index (χ4n) is 1.90. The molecule has 0 bridgehead atoms. The molecule has 3 aromatic rings. The summed E-state index contributed by atoms with van der Waals surface area (Å²) in [5.41, 5.74) is 7.55. The van der Waals surface area contributed by atoms with Crippen molar-refractivity contribution in [1.29, 1.82) is 0 Å². The molecule has 20 heavy (non-hydrogen) atoms. The van der Waals surface area contributed by atoms with E-state index in [1.54, 1.807) is 4.68 Å². The Morgan fingerprint density at radius 3 is 2.60 bits per heavy atom. The van der Waals surface area contributed by atoms with Crippen molar-refractivity contribution < 1.29 is 4.42 Å². The number of hydrogen-bond acceptors (Lipinski definition) is 4. The van der Waals surface area contributed by atoms with Crippen LogP contribution in [0.3, 0.4) is 0 Å². The summed E-state index contributed by atoms with van der Waals surface area (Å²) in [7, 11) is 0. The Morgan fingerprint density at radius 1 is 1.20 bits per heavy atom. The number of furan rings is 1. The standard InChI is InChI=1S/C14H13BrN4O/c1-9-14(16)17-18-19(9)8-12-6-7-13(20-12)10-2-4-11(15)5-3-10/h2-7H,8,16H2,1H3. The molecule has 2 heterocycles. The van der Waals surface area contributed by atoms with Crippen molar-refractivity contribution in [3.05, 3.63) is 52.3 Å². The van der Waals surface area contributed by atoms with Gasteiger partial charge in [0.15, 0.2) is 5.82 Å². The van der Waals surface area contributed by atoms with Gasteiger partial charge in [0.2, 0.25) is 0 Å². The molecule has 0 aliphatic heterocycles. The van der Waals surface area contributed by atoms with Crippen molar-refractivity contribution in [2.45, 2.75) is 13.5 Å². The van der Waals surface area contributed by atoms with Gasteiger partial charge in [0, 0.05) is 10.0 Å². The SMILES string of the molecule is Cc1c(N)nnn1Cc1ccc(-c2ccc(Br)cc2)o1. The van der Waals surface area contributed by atoms with E-state index in [1.165, 1.54) is 0 Å². The van der Waals surface area contributed by atoms with Crippen LogP contribution in [0, 0.1) is 6.92 Å². The van der Waals surface area contributed by atoms with Crippen LogP contribution in [-0.2, 0) is 6.54 Å². The smallest absolute Gasteiger partial charge is 0.168 e. The van der Waals surface area contributed by atoms with E-state index in [4.69, 9.17) is 10.2 Å². The highest BCUT2D eigenvalue weighted by atomic mass is 79.9. The molecule has 3 rings (SSSR count). The minimum atomic E-state index is 0.449. The molecule has 0 amide bonds. The first kappa shape index (κ1) is 12.9. The van der Waals surface area contributed by atoms with Gasteiger partial charge < -0.3 is 10.2 Å². The number of aromatic nitrogens is 3. The second-order valence-electron chi connectivity index (χ2n) is 4.49. The molecule has 0 aliphatic carbocycles. The van der Waals surface area contributed by atoms with Crippen LogP contribution in [0.5, 0.6) is 0 Å². The predicted molar refractivity (Wildman–Crippen MR) is 80.1 cm³/mol. The van der Waals surface area contributed by atoms with E-state index in [-0.39, 0.29) is 0 Å². The Bertz CT molecular complexity index is 730. The second kappa shape index (κ2) is 5.13. The summed E-state index contributed by atoms with van der Waals surface area (Å²) in [6.07, 6.45) is 0. The number of nitrogen functional groups attached to an aromatic ring is 1. The first-order chi connectivity index (χ1) is 9.63. The first-order valence-electron chi connectivity index (χ1n) is 6.13. The van der Waals surface area contributed by atoms with Gasteiger partial charge in [-0.2, -0.15) is 0 Å². The van der Waals surface area contributed by atoms with Crippen molar-refractivity contribution in [3.63, 3.8) is 0 Å². The van der Waals surface area contributed by atoms with E-state index in [0.29, 0.717) is 12.4 Å². The molecule has 1 aromatic carbocycles. The fourth-order valence-corrected chi connectivity index (χ4v) is 2.17. The van der Waals surface area contributed by atoms with Gasteiger partial charge in [-0.1, -0.05) is 33.3 Å². The monoisotopic (exact) mass is 332 g/mol. The maximum Gasteiger partial charge on any atom is 0.168 e. The van der Waals surface area contributed by atoms with Gasteiger partial charge in [-0.3, -0.25) is 0 Å². The van der Waals surface area contributed by atoms with Crippen LogP contribution in [0.25, 0.3) is 11.3 Å². The molecule has 2 aromatic heterocycles. The third kappa shape index (κ3) is 2.46. The number of anilines is 1. The minimum absolute atomic E-state index is 0.449. The Kier molecular flexibility index (Phi) is 3.31. The lowest BCUT2D eigenvalue weighted by atomic mass is 10.2. The summed E-state index contributed by atoms with van der Waals surface area (Å²) < 4.78 is 8.60. The van der Waals surface area contributed by atoms with Gasteiger partial charge in [0.25, 0.3) is 0 Å². The highest BCUT2D eigenvalue weighted by Gasteiger charge is 2.09. The molecule has 0 fully saturated rings.